The zero-order valence-electron chi connectivity index (χ0n) is 29.3. The number of nitrogens with one attached hydrogen (secondary N) is 4. The largest absolute Gasteiger partial charge is 0.352 e. The summed E-state index contributed by atoms with van der Waals surface area (Å²) >= 11 is 0. The van der Waals surface area contributed by atoms with Crippen LogP contribution < -0.4 is 16.0 Å². The number of tetrazole rings is 1. The summed E-state index contributed by atoms with van der Waals surface area (Å²) in [6.45, 7) is 4.72. The van der Waals surface area contributed by atoms with Gasteiger partial charge in [-0.2, -0.15) is 5.26 Å². The number of aryl methyl sites for hydroxylation is 2. The Morgan fingerprint density at radius 1 is 0.962 bits per heavy atom. The summed E-state index contributed by atoms with van der Waals surface area (Å²) in [5, 5.41) is 34.7. The number of hydrogen-bond donors (Lipinski definition) is 4. The van der Waals surface area contributed by atoms with Crippen molar-refractivity contribution in [1.82, 2.24) is 41.5 Å². The summed E-state index contributed by atoms with van der Waals surface area (Å²) in [4.78, 5) is 41.6. The molecule has 1 aromatic heterocycles. The van der Waals surface area contributed by atoms with Gasteiger partial charge in [0.25, 0.3) is 11.8 Å². The number of amides is 3. The highest BCUT2D eigenvalue weighted by atomic mass is 19.1. The molecule has 2 heterocycles. The molecule has 52 heavy (non-hydrogen) atoms. The number of likely N-dealkylation sites (tertiary alicyclic amines) is 1. The lowest BCUT2D eigenvalue weighted by Crippen LogP contribution is -2.48. The average molecular weight is 704 g/mol. The van der Waals surface area contributed by atoms with Gasteiger partial charge in [0.2, 0.25) is 5.91 Å². The number of hydrogen-bond acceptors (Lipinski definition) is 8. The van der Waals surface area contributed by atoms with Crippen molar-refractivity contribution in [2.75, 3.05) is 19.6 Å². The van der Waals surface area contributed by atoms with Gasteiger partial charge in [0, 0.05) is 36.3 Å². The van der Waals surface area contributed by atoms with Gasteiger partial charge in [-0.15, -0.1) is 5.10 Å². The third kappa shape index (κ3) is 6.66. The van der Waals surface area contributed by atoms with Crippen LogP contribution in [0.25, 0.3) is 0 Å². The van der Waals surface area contributed by atoms with Gasteiger partial charge in [-0.25, -0.2) is 9.49 Å². The smallest absolute Gasteiger partial charge is 0.251 e. The van der Waals surface area contributed by atoms with Crippen LogP contribution in [0.1, 0.15) is 87.5 Å². The minimum Gasteiger partial charge on any atom is -0.352 e. The summed E-state index contributed by atoms with van der Waals surface area (Å²) in [6, 6.07) is 19.3. The van der Waals surface area contributed by atoms with Gasteiger partial charge in [-0.1, -0.05) is 24.3 Å². The number of nitrogens with zero attached hydrogens (tertiary/aromatic N) is 5. The molecule has 1 unspecified atom stereocenters. The SMILES string of the molecule is CCNC(=O)c1ccc2c(c1)CCc1cc(C(=O)NCC)ccc1C2(C[C@@H](Cc1ccc(F)cc1)NCC(=O)N1C(C#N)C[C@@H]2C[C@@H]21)c1nnn[nH]1. The number of halogens is 1. The van der Waals surface area contributed by atoms with E-state index < -0.39 is 11.5 Å². The van der Waals surface area contributed by atoms with E-state index in [2.05, 4.69) is 42.6 Å². The highest BCUT2D eigenvalue weighted by Crippen LogP contribution is 2.49. The highest BCUT2D eigenvalue weighted by molar-refractivity contribution is 5.95. The first-order valence-corrected chi connectivity index (χ1v) is 18.0. The number of aromatic nitrogens is 4. The first-order chi connectivity index (χ1) is 25.2. The summed E-state index contributed by atoms with van der Waals surface area (Å²) in [6.07, 6.45) is 3.58. The maximum atomic E-state index is 14.1. The van der Waals surface area contributed by atoms with Crippen LogP contribution in [0.15, 0.2) is 60.7 Å². The van der Waals surface area contributed by atoms with E-state index in [0.717, 1.165) is 34.2 Å². The Morgan fingerprint density at radius 2 is 1.60 bits per heavy atom. The van der Waals surface area contributed by atoms with Crippen LogP contribution in [0, 0.1) is 23.1 Å². The monoisotopic (exact) mass is 703 g/mol. The average Bonchev–Trinajstić information content (AvgIpc) is 3.53. The van der Waals surface area contributed by atoms with E-state index in [1.807, 2.05) is 50.2 Å². The fraction of sp³-hybridized carbons (Fsp3) is 0.410. The third-order valence-electron chi connectivity index (χ3n) is 10.8. The van der Waals surface area contributed by atoms with E-state index in [1.54, 1.807) is 17.0 Å². The third-order valence-corrected chi connectivity index (χ3v) is 10.8. The van der Waals surface area contributed by atoms with Crippen molar-refractivity contribution in [2.24, 2.45) is 5.92 Å². The van der Waals surface area contributed by atoms with E-state index in [9.17, 15) is 24.0 Å². The van der Waals surface area contributed by atoms with E-state index in [-0.39, 0.29) is 42.2 Å². The van der Waals surface area contributed by atoms with Gasteiger partial charge < -0.3 is 20.9 Å². The molecule has 1 saturated carbocycles. The van der Waals surface area contributed by atoms with Gasteiger partial charge in [-0.3, -0.25) is 14.4 Å². The molecule has 268 valence electrons. The van der Waals surface area contributed by atoms with Crippen LogP contribution in [0.4, 0.5) is 4.39 Å². The fourth-order valence-corrected chi connectivity index (χ4v) is 8.31. The molecule has 1 saturated heterocycles. The second-order valence-corrected chi connectivity index (χ2v) is 14.0. The number of rotatable bonds is 12. The Labute approximate surface area is 301 Å². The summed E-state index contributed by atoms with van der Waals surface area (Å²) in [7, 11) is 0. The Morgan fingerprint density at radius 3 is 2.15 bits per heavy atom. The van der Waals surface area contributed by atoms with E-state index in [0.29, 0.717) is 68.1 Å². The summed E-state index contributed by atoms with van der Waals surface area (Å²) < 4.78 is 14.1. The number of benzene rings is 3. The molecule has 1 aliphatic heterocycles. The topological polar surface area (TPSA) is 169 Å². The van der Waals surface area contributed by atoms with Crippen molar-refractivity contribution in [1.29, 1.82) is 5.26 Å². The lowest BCUT2D eigenvalue weighted by Gasteiger charge is -2.38. The molecular formula is C39H42FN9O3. The molecule has 12 nitrogen and oxygen atoms in total. The first kappa shape index (κ1) is 34.9. The van der Waals surface area contributed by atoms with E-state index in [4.69, 9.17) is 0 Å². The van der Waals surface area contributed by atoms with Crippen LogP contribution in [-0.2, 0) is 29.5 Å². The molecular weight excluding hydrogens is 661 g/mol. The molecule has 0 radical (unpaired) electrons. The molecule has 2 fully saturated rings. The molecule has 7 rings (SSSR count). The number of carbonyl (C=O) groups is 3. The number of nitriles is 1. The minimum absolute atomic E-state index is 0.00393. The predicted octanol–water partition coefficient (Wildman–Crippen LogP) is 3.38. The first-order valence-electron chi connectivity index (χ1n) is 18.0. The highest BCUT2D eigenvalue weighted by Gasteiger charge is 2.54. The van der Waals surface area contributed by atoms with Crippen molar-refractivity contribution in [3.05, 3.63) is 111 Å². The van der Waals surface area contributed by atoms with Gasteiger partial charge in [-0.05, 0) is 133 Å². The molecule has 3 aromatic carbocycles. The van der Waals surface area contributed by atoms with Crippen LogP contribution in [0.3, 0.4) is 0 Å². The molecule has 0 bridgehead atoms. The lowest BCUT2D eigenvalue weighted by atomic mass is 9.67. The molecule has 0 spiro atoms. The van der Waals surface area contributed by atoms with Crippen molar-refractivity contribution in [3.8, 4) is 6.07 Å². The molecule has 4 aromatic rings. The molecule has 3 amide bonds. The maximum Gasteiger partial charge on any atom is 0.251 e. The predicted molar refractivity (Wildman–Crippen MR) is 190 cm³/mol. The van der Waals surface area contributed by atoms with Gasteiger partial charge in [0.15, 0.2) is 5.82 Å². The van der Waals surface area contributed by atoms with Gasteiger partial charge in [0.1, 0.15) is 11.9 Å². The Bertz CT molecular complexity index is 1940. The van der Waals surface area contributed by atoms with Gasteiger partial charge >= 0.3 is 0 Å². The second-order valence-electron chi connectivity index (χ2n) is 14.0. The lowest BCUT2D eigenvalue weighted by molar-refractivity contribution is -0.131. The second kappa shape index (κ2) is 14.6. The standard InChI is InChI=1S/C39H42FN9O3/c1-3-42-36(51)26-9-13-32-24(16-26)7-8-25-17-27(37(52)43-4-2)10-14-33(25)39(32,38-45-47-48-46-38)20-30(15-23-5-11-29(40)12-6-23)44-22-35(50)49-31(21-41)18-28-19-34(28)49/h5-6,9-14,16-17,28,30-31,34,44H,3-4,7-8,15,18-20,22H2,1-2H3,(H,42,51)(H,43,52)(H,45,46,47,48)/t28-,30-,31?,34+/m1/s1. The van der Waals surface area contributed by atoms with Crippen molar-refractivity contribution >= 4 is 17.7 Å². The zero-order chi connectivity index (χ0) is 36.4. The molecule has 4 atom stereocenters. The summed E-state index contributed by atoms with van der Waals surface area (Å²) in [5.74, 6) is 0.0234. The number of H-pyrrole nitrogens is 1. The number of carbonyl (C=O) groups excluding carboxylic acids is 3. The van der Waals surface area contributed by atoms with Crippen LogP contribution in [-0.4, -0.2) is 81.0 Å². The number of aromatic amines is 1. The van der Waals surface area contributed by atoms with Crippen molar-refractivity contribution in [2.45, 2.75) is 75.9 Å². The van der Waals surface area contributed by atoms with Crippen LogP contribution in [0.5, 0.6) is 0 Å². The van der Waals surface area contributed by atoms with Crippen LogP contribution in [0.2, 0.25) is 0 Å². The maximum absolute atomic E-state index is 14.1. The number of piperidine rings is 1. The molecule has 13 heteroatoms. The van der Waals surface area contributed by atoms with Crippen molar-refractivity contribution < 1.29 is 18.8 Å². The van der Waals surface area contributed by atoms with E-state index >= 15 is 0 Å². The van der Waals surface area contributed by atoms with E-state index in [1.165, 1.54) is 12.1 Å². The van der Waals surface area contributed by atoms with Crippen molar-refractivity contribution in [3.63, 3.8) is 0 Å². The molecule has 4 N–H and O–H groups in total. The Kier molecular flexibility index (Phi) is 9.83. The minimum atomic E-state index is -1.03. The van der Waals surface area contributed by atoms with Crippen LogP contribution >= 0.6 is 0 Å². The normalized spacial score (nSPS) is 20.0. The zero-order valence-corrected chi connectivity index (χ0v) is 29.3. The van der Waals surface area contributed by atoms with Gasteiger partial charge in [0.05, 0.1) is 18.0 Å². The fourth-order valence-electron chi connectivity index (χ4n) is 8.31. The molecule has 2 aliphatic carbocycles. The number of fused-ring (bicyclic) bond motifs is 3. The quantitative estimate of drug-likeness (QED) is 0.174. The molecule has 3 aliphatic rings. The Balaban J connectivity index is 1.35. The Hall–Kier alpha value is -5.48. The summed E-state index contributed by atoms with van der Waals surface area (Å²) in [5.41, 5.74) is 4.54.